The molecule has 0 bridgehead atoms. The van der Waals surface area contributed by atoms with E-state index in [0.717, 1.165) is 5.52 Å². The molecule has 0 unspecified atom stereocenters. The summed E-state index contributed by atoms with van der Waals surface area (Å²) in [5.74, 6) is -0.0553. The number of anilines is 1. The number of aromatic nitrogens is 1. The molecule has 0 aliphatic rings. The maximum atomic E-state index is 10.7. The van der Waals surface area contributed by atoms with Gasteiger partial charge in [0.2, 0.25) is 10.0 Å². The highest BCUT2D eigenvalue weighted by atomic mass is 32.2. The van der Waals surface area contributed by atoms with Crippen molar-refractivity contribution in [2.45, 2.75) is 6.42 Å². The van der Waals surface area contributed by atoms with Gasteiger partial charge < -0.3 is 9.73 Å². The Bertz CT molecular complexity index is 573. The van der Waals surface area contributed by atoms with E-state index in [4.69, 9.17) is 9.56 Å². The van der Waals surface area contributed by atoms with Crippen LogP contribution in [-0.2, 0) is 10.0 Å². The van der Waals surface area contributed by atoms with Gasteiger partial charge in [0.1, 0.15) is 5.52 Å². The first-order chi connectivity index (χ1) is 8.04. The van der Waals surface area contributed by atoms with E-state index in [0.29, 0.717) is 24.6 Å². The number of rotatable bonds is 5. The van der Waals surface area contributed by atoms with Gasteiger partial charge >= 0.3 is 0 Å². The van der Waals surface area contributed by atoms with Crippen molar-refractivity contribution in [2.75, 3.05) is 17.6 Å². The maximum Gasteiger partial charge on any atom is 0.295 e. The van der Waals surface area contributed by atoms with Crippen LogP contribution in [0.4, 0.5) is 6.01 Å². The predicted octanol–water partition coefficient (Wildman–Crippen LogP) is 0.918. The second kappa shape index (κ2) is 4.72. The summed E-state index contributed by atoms with van der Waals surface area (Å²) in [6.45, 7) is 0.448. The van der Waals surface area contributed by atoms with E-state index >= 15 is 0 Å². The van der Waals surface area contributed by atoms with Crippen molar-refractivity contribution in [3.63, 3.8) is 0 Å². The molecule has 2 aromatic rings. The van der Waals surface area contributed by atoms with Gasteiger partial charge in [0.05, 0.1) is 5.75 Å². The zero-order valence-electron chi connectivity index (χ0n) is 9.09. The smallest absolute Gasteiger partial charge is 0.295 e. The summed E-state index contributed by atoms with van der Waals surface area (Å²) in [5, 5.41) is 7.79. The Kier molecular flexibility index (Phi) is 3.30. The number of primary sulfonamides is 1. The molecule has 0 amide bonds. The third-order valence-electron chi connectivity index (χ3n) is 2.18. The summed E-state index contributed by atoms with van der Waals surface area (Å²) in [6.07, 6.45) is 0.414. The van der Waals surface area contributed by atoms with Gasteiger partial charge in [0.25, 0.3) is 6.01 Å². The van der Waals surface area contributed by atoms with Gasteiger partial charge in [-0.2, -0.15) is 4.98 Å². The SMILES string of the molecule is NS(=O)(=O)CCCNc1nc2ccccc2o1. The first-order valence-corrected chi connectivity index (χ1v) is 6.86. The largest absolute Gasteiger partial charge is 0.424 e. The van der Waals surface area contributed by atoms with Crippen LogP contribution in [0.2, 0.25) is 0 Å². The number of para-hydroxylation sites is 2. The van der Waals surface area contributed by atoms with E-state index in [9.17, 15) is 8.42 Å². The Labute approximate surface area is 98.9 Å². The van der Waals surface area contributed by atoms with Crippen LogP contribution < -0.4 is 10.5 Å². The highest BCUT2D eigenvalue weighted by molar-refractivity contribution is 7.89. The van der Waals surface area contributed by atoms with Gasteiger partial charge in [-0.1, -0.05) is 12.1 Å². The fourth-order valence-electron chi connectivity index (χ4n) is 1.42. The minimum absolute atomic E-state index is 0.0553. The number of nitrogens with two attached hydrogens (primary N) is 1. The molecule has 0 spiro atoms. The Morgan fingerprint density at radius 3 is 2.82 bits per heavy atom. The lowest BCUT2D eigenvalue weighted by Gasteiger charge is -1.99. The molecule has 2 rings (SSSR count). The molecule has 1 aromatic carbocycles. The first kappa shape index (κ1) is 11.9. The maximum absolute atomic E-state index is 10.7. The molecule has 0 saturated carbocycles. The molecule has 1 heterocycles. The number of sulfonamides is 1. The number of nitrogens with one attached hydrogen (secondary N) is 1. The Balaban J connectivity index is 1.91. The lowest BCUT2D eigenvalue weighted by atomic mass is 10.3. The van der Waals surface area contributed by atoms with Crippen molar-refractivity contribution in [3.8, 4) is 0 Å². The zero-order valence-corrected chi connectivity index (χ0v) is 9.90. The average Bonchev–Trinajstić information content (AvgIpc) is 2.65. The van der Waals surface area contributed by atoms with Crippen LogP contribution in [0.15, 0.2) is 28.7 Å². The van der Waals surface area contributed by atoms with Crippen molar-refractivity contribution >= 4 is 27.1 Å². The molecular weight excluding hydrogens is 242 g/mol. The van der Waals surface area contributed by atoms with Crippen molar-refractivity contribution in [3.05, 3.63) is 24.3 Å². The summed E-state index contributed by atoms with van der Waals surface area (Å²) in [6, 6.07) is 7.78. The molecule has 0 aliphatic carbocycles. The molecular formula is C10H13N3O3S. The lowest BCUT2D eigenvalue weighted by molar-refractivity contribution is 0.593. The highest BCUT2D eigenvalue weighted by Crippen LogP contribution is 2.17. The van der Waals surface area contributed by atoms with E-state index in [1.54, 1.807) is 0 Å². The van der Waals surface area contributed by atoms with Crippen LogP contribution in [0, 0.1) is 0 Å². The summed E-state index contributed by atoms with van der Waals surface area (Å²) < 4.78 is 26.8. The van der Waals surface area contributed by atoms with Gasteiger partial charge in [-0.25, -0.2) is 13.6 Å². The van der Waals surface area contributed by atoms with Gasteiger partial charge in [0, 0.05) is 6.54 Å². The Morgan fingerprint density at radius 1 is 1.35 bits per heavy atom. The predicted molar refractivity (Wildman–Crippen MR) is 65.1 cm³/mol. The van der Waals surface area contributed by atoms with Gasteiger partial charge in [0.15, 0.2) is 5.58 Å². The second-order valence-corrected chi connectivity index (χ2v) is 5.37. The summed E-state index contributed by atoms with van der Waals surface area (Å²) in [5.41, 5.74) is 1.46. The van der Waals surface area contributed by atoms with E-state index in [2.05, 4.69) is 10.3 Å². The molecule has 17 heavy (non-hydrogen) atoms. The normalized spacial score (nSPS) is 11.8. The fourth-order valence-corrected chi connectivity index (χ4v) is 1.96. The third kappa shape index (κ3) is 3.43. The number of fused-ring (bicyclic) bond motifs is 1. The van der Waals surface area contributed by atoms with Crippen LogP contribution in [-0.4, -0.2) is 25.7 Å². The Hall–Kier alpha value is -1.60. The number of oxazole rings is 1. The monoisotopic (exact) mass is 255 g/mol. The minimum atomic E-state index is -3.39. The topological polar surface area (TPSA) is 98.2 Å². The third-order valence-corrected chi connectivity index (χ3v) is 3.03. The van der Waals surface area contributed by atoms with E-state index in [-0.39, 0.29) is 5.75 Å². The molecule has 0 radical (unpaired) electrons. The number of hydrogen-bond donors (Lipinski definition) is 2. The molecule has 0 saturated heterocycles. The minimum Gasteiger partial charge on any atom is -0.424 e. The lowest BCUT2D eigenvalue weighted by Crippen LogP contribution is -2.18. The number of nitrogens with zero attached hydrogens (tertiary/aromatic N) is 1. The first-order valence-electron chi connectivity index (χ1n) is 5.14. The summed E-state index contributed by atoms with van der Waals surface area (Å²) in [4.78, 5) is 4.19. The van der Waals surface area contributed by atoms with Crippen LogP contribution in [0.5, 0.6) is 0 Å². The molecule has 3 N–H and O–H groups in total. The molecule has 0 fully saturated rings. The molecule has 0 atom stereocenters. The van der Waals surface area contributed by atoms with Gasteiger partial charge in [-0.15, -0.1) is 0 Å². The van der Waals surface area contributed by atoms with Crippen LogP contribution in [0.3, 0.4) is 0 Å². The molecule has 7 heteroatoms. The van der Waals surface area contributed by atoms with E-state index in [1.807, 2.05) is 24.3 Å². The molecule has 6 nitrogen and oxygen atoms in total. The number of benzene rings is 1. The second-order valence-electron chi connectivity index (χ2n) is 3.63. The van der Waals surface area contributed by atoms with Crippen molar-refractivity contribution in [1.29, 1.82) is 0 Å². The van der Waals surface area contributed by atoms with Crippen LogP contribution in [0.25, 0.3) is 11.1 Å². The highest BCUT2D eigenvalue weighted by Gasteiger charge is 2.05. The van der Waals surface area contributed by atoms with E-state index < -0.39 is 10.0 Å². The van der Waals surface area contributed by atoms with Crippen molar-refractivity contribution in [1.82, 2.24) is 4.98 Å². The quantitative estimate of drug-likeness (QED) is 0.774. The Morgan fingerprint density at radius 2 is 2.12 bits per heavy atom. The number of hydrogen-bond acceptors (Lipinski definition) is 5. The van der Waals surface area contributed by atoms with E-state index in [1.165, 1.54) is 0 Å². The zero-order chi connectivity index (χ0) is 12.3. The molecule has 0 aliphatic heterocycles. The summed E-state index contributed by atoms with van der Waals surface area (Å²) >= 11 is 0. The van der Waals surface area contributed by atoms with Crippen molar-refractivity contribution < 1.29 is 12.8 Å². The van der Waals surface area contributed by atoms with Crippen molar-refractivity contribution in [2.24, 2.45) is 5.14 Å². The molecule has 1 aromatic heterocycles. The van der Waals surface area contributed by atoms with Gasteiger partial charge in [-0.05, 0) is 18.6 Å². The summed E-state index contributed by atoms with van der Waals surface area (Å²) in [7, 11) is -3.39. The van der Waals surface area contributed by atoms with Crippen LogP contribution >= 0.6 is 0 Å². The van der Waals surface area contributed by atoms with Gasteiger partial charge in [-0.3, -0.25) is 0 Å². The molecule has 92 valence electrons. The van der Waals surface area contributed by atoms with Crippen LogP contribution in [0.1, 0.15) is 6.42 Å². The standard InChI is InChI=1S/C10H13N3O3S/c11-17(14,15)7-3-6-12-10-13-8-4-1-2-5-9(8)16-10/h1-2,4-5H,3,6-7H2,(H,12,13)(H2,11,14,15). The fraction of sp³-hybridized carbons (Fsp3) is 0.300. The average molecular weight is 255 g/mol.